The lowest BCUT2D eigenvalue weighted by molar-refractivity contribution is -0.123. The van der Waals surface area contributed by atoms with E-state index in [4.69, 9.17) is 4.74 Å². The molecule has 0 saturated heterocycles. The van der Waals surface area contributed by atoms with E-state index >= 15 is 0 Å². The van der Waals surface area contributed by atoms with Crippen LogP contribution in [0.25, 0.3) is 0 Å². The Kier molecular flexibility index (Phi) is 4.04. The molecule has 0 unspecified atom stereocenters. The number of aryl methyl sites for hydroxylation is 1. The first-order chi connectivity index (χ1) is 10.6. The molecule has 1 fully saturated rings. The highest BCUT2D eigenvalue weighted by Crippen LogP contribution is 2.33. The van der Waals surface area contributed by atoms with Gasteiger partial charge in [-0.3, -0.25) is 9.48 Å². The SMILES string of the molecule is Cn1nccc1[C@H]1CC(=O)CC[C@@H]1OC(=O)c1ccccc1. The number of hydrogen-bond donors (Lipinski definition) is 0. The molecule has 1 heterocycles. The molecule has 5 heteroatoms. The second-order valence-corrected chi connectivity index (χ2v) is 5.58. The molecule has 2 atom stereocenters. The Morgan fingerprint density at radius 2 is 2.05 bits per heavy atom. The first kappa shape index (κ1) is 14.5. The molecule has 1 aliphatic carbocycles. The summed E-state index contributed by atoms with van der Waals surface area (Å²) in [4.78, 5) is 24.1. The number of esters is 1. The number of ketones is 1. The van der Waals surface area contributed by atoms with E-state index in [2.05, 4.69) is 5.10 Å². The summed E-state index contributed by atoms with van der Waals surface area (Å²) in [5.41, 5.74) is 1.46. The van der Waals surface area contributed by atoms with Crippen LogP contribution in [-0.4, -0.2) is 27.6 Å². The fourth-order valence-electron chi connectivity index (χ4n) is 2.95. The third kappa shape index (κ3) is 2.93. The van der Waals surface area contributed by atoms with Crippen molar-refractivity contribution in [3.63, 3.8) is 0 Å². The Morgan fingerprint density at radius 3 is 2.73 bits per heavy atom. The third-order valence-electron chi connectivity index (χ3n) is 4.11. The van der Waals surface area contributed by atoms with Crippen molar-refractivity contribution in [1.82, 2.24) is 9.78 Å². The van der Waals surface area contributed by atoms with Gasteiger partial charge in [0, 0.05) is 37.7 Å². The average molecular weight is 298 g/mol. The average Bonchev–Trinajstić information content (AvgIpc) is 2.96. The van der Waals surface area contributed by atoms with E-state index in [0.29, 0.717) is 24.8 Å². The maximum Gasteiger partial charge on any atom is 0.338 e. The van der Waals surface area contributed by atoms with Crippen LogP contribution in [0.4, 0.5) is 0 Å². The zero-order chi connectivity index (χ0) is 15.5. The van der Waals surface area contributed by atoms with Gasteiger partial charge in [0.1, 0.15) is 11.9 Å². The fourth-order valence-corrected chi connectivity index (χ4v) is 2.95. The zero-order valence-electron chi connectivity index (χ0n) is 12.4. The van der Waals surface area contributed by atoms with Crippen LogP contribution >= 0.6 is 0 Å². The van der Waals surface area contributed by atoms with E-state index < -0.39 is 0 Å². The van der Waals surface area contributed by atoms with E-state index in [1.807, 2.05) is 19.2 Å². The topological polar surface area (TPSA) is 61.2 Å². The molecule has 1 aliphatic rings. The van der Waals surface area contributed by atoms with Crippen LogP contribution in [0.15, 0.2) is 42.6 Å². The van der Waals surface area contributed by atoms with Crippen molar-refractivity contribution in [2.75, 3.05) is 0 Å². The summed E-state index contributed by atoms with van der Waals surface area (Å²) < 4.78 is 7.43. The van der Waals surface area contributed by atoms with Crippen molar-refractivity contribution in [2.24, 2.45) is 7.05 Å². The quantitative estimate of drug-likeness (QED) is 0.817. The van der Waals surface area contributed by atoms with Gasteiger partial charge in [0.05, 0.1) is 5.56 Å². The molecular formula is C17H18N2O3. The van der Waals surface area contributed by atoms with Crippen LogP contribution in [0.1, 0.15) is 41.2 Å². The van der Waals surface area contributed by atoms with E-state index in [0.717, 1.165) is 5.69 Å². The van der Waals surface area contributed by atoms with Gasteiger partial charge in [-0.2, -0.15) is 5.10 Å². The maximum atomic E-state index is 12.3. The number of Topliss-reactive ketones (excluding diaryl/α,β-unsaturated/α-hetero) is 1. The molecule has 5 nitrogen and oxygen atoms in total. The monoisotopic (exact) mass is 298 g/mol. The standard InChI is InChI=1S/C17H18N2O3/c1-19-15(9-10-18-19)14-11-13(20)7-8-16(14)22-17(21)12-5-3-2-4-6-12/h2-6,9-10,14,16H,7-8,11H2,1H3/t14-,16+/m1/s1. The summed E-state index contributed by atoms with van der Waals surface area (Å²) in [6.45, 7) is 0. The van der Waals surface area contributed by atoms with Crippen LogP contribution in [0.3, 0.4) is 0 Å². The smallest absolute Gasteiger partial charge is 0.338 e. The summed E-state index contributed by atoms with van der Waals surface area (Å²) in [5, 5.41) is 4.15. The van der Waals surface area contributed by atoms with Crippen LogP contribution in [0.2, 0.25) is 0 Å². The van der Waals surface area contributed by atoms with E-state index in [9.17, 15) is 9.59 Å². The predicted molar refractivity (Wildman–Crippen MR) is 80.5 cm³/mol. The van der Waals surface area contributed by atoms with Crippen molar-refractivity contribution in [1.29, 1.82) is 0 Å². The van der Waals surface area contributed by atoms with E-state index in [1.165, 1.54) is 0 Å². The van der Waals surface area contributed by atoms with E-state index in [-0.39, 0.29) is 23.8 Å². The first-order valence-electron chi connectivity index (χ1n) is 7.41. The second kappa shape index (κ2) is 6.13. The van der Waals surface area contributed by atoms with Crippen LogP contribution in [0.5, 0.6) is 0 Å². The van der Waals surface area contributed by atoms with Gasteiger partial charge >= 0.3 is 5.97 Å². The maximum absolute atomic E-state index is 12.3. The second-order valence-electron chi connectivity index (χ2n) is 5.58. The molecule has 0 N–H and O–H groups in total. The Labute approximate surface area is 128 Å². The van der Waals surface area contributed by atoms with Gasteiger partial charge in [-0.05, 0) is 24.6 Å². The van der Waals surface area contributed by atoms with Gasteiger partial charge < -0.3 is 4.74 Å². The minimum Gasteiger partial charge on any atom is -0.458 e. The predicted octanol–water partition coefficient (Wildman–Crippen LogP) is 2.48. The van der Waals surface area contributed by atoms with Gasteiger partial charge in [0.25, 0.3) is 0 Å². The molecule has 3 rings (SSSR count). The number of benzene rings is 1. The fraction of sp³-hybridized carbons (Fsp3) is 0.353. The van der Waals surface area contributed by atoms with E-state index in [1.54, 1.807) is 35.1 Å². The lowest BCUT2D eigenvalue weighted by atomic mass is 9.83. The van der Waals surface area contributed by atoms with Gasteiger partial charge in [-0.1, -0.05) is 18.2 Å². The van der Waals surface area contributed by atoms with Crippen LogP contribution in [-0.2, 0) is 16.6 Å². The van der Waals surface area contributed by atoms with Crippen LogP contribution < -0.4 is 0 Å². The normalized spacial score (nSPS) is 21.6. The lowest BCUT2D eigenvalue weighted by Crippen LogP contribution is -2.33. The van der Waals surface area contributed by atoms with Crippen molar-refractivity contribution in [2.45, 2.75) is 31.3 Å². The van der Waals surface area contributed by atoms with Crippen molar-refractivity contribution < 1.29 is 14.3 Å². The molecule has 0 amide bonds. The summed E-state index contributed by atoms with van der Waals surface area (Å²) in [6.07, 6.45) is 2.83. The highest BCUT2D eigenvalue weighted by atomic mass is 16.5. The summed E-state index contributed by atoms with van der Waals surface area (Å²) >= 11 is 0. The molecule has 0 spiro atoms. The van der Waals surface area contributed by atoms with Gasteiger partial charge in [-0.15, -0.1) is 0 Å². The molecule has 2 aromatic rings. The molecule has 22 heavy (non-hydrogen) atoms. The van der Waals surface area contributed by atoms with Gasteiger partial charge in [-0.25, -0.2) is 4.79 Å². The first-order valence-corrected chi connectivity index (χ1v) is 7.41. The van der Waals surface area contributed by atoms with Crippen molar-refractivity contribution >= 4 is 11.8 Å². The minimum absolute atomic E-state index is 0.124. The zero-order valence-corrected chi connectivity index (χ0v) is 12.4. The molecule has 1 aromatic heterocycles. The molecular weight excluding hydrogens is 280 g/mol. The minimum atomic E-state index is -0.341. The largest absolute Gasteiger partial charge is 0.458 e. The van der Waals surface area contributed by atoms with Crippen molar-refractivity contribution in [3.8, 4) is 0 Å². The molecule has 0 aliphatic heterocycles. The molecule has 0 bridgehead atoms. The summed E-state index contributed by atoms with van der Waals surface area (Å²) in [7, 11) is 1.84. The Hall–Kier alpha value is -2.43. The lowest BCUT2D eigenvalue weighted by Gasteiger charge is -2.30. The highest BCUT2D eigenvalue weighted by molar-refractivity contribution is 5.89. The summed E-state index contributed by atoms with van der Waals surface area (Å²) in [6, 6.07) is 10.8. The Balaban J connectivity index is 1.80. The number of hydrogen-bond acceptors (Lipinski definition) is 4. The van der Waals surface area contributed by atoms with Crippen molar-refractivity contribution in [3.05, 3.63) is 53.9 Å². The number of carbonyl (C=O) groups is 2. The summed E-state index contributed by atoms with van der Waals surface area (Å²) in [5.74, 6) is -0.258. The van der Waals surface area contributed by atoms with Gasteiger partial charge in [0.2, 0.25) is 0 Å². The van der Waals surface area contributed by atoms with Gasteiger partial charge in [0.15, 0.2) is 0 Å². The Morgan fingerprint density at radius 1 is 1.27 bits per heavy atom. The number of carbonyl (C=O) groups excluding carboxylic acids is 2. The number of aromatic nitrogens is 2. The molecule has 114 valence electrons. The number of nitrogens with zero attached hydrogens (tertiary/aromatic N) is 2. The van der Waals surface area contributed by atoms with Crippen LogP contribution in [0, 0.1) is 0 Å². The molecule has 0 radical (unpaired) electrons. The molecule has 1 saturated carbocycles. The number of rotatable bonds is 3. The highest BCUT2D eigenvalue weighted by Gasteiger charge is 2.35. The molecule has 1 aromatic carbocycles. The number of ether oxygens (including phenoxy) is 1. The Bertz CT molecular complexity index is 678. The third-order valence-corrected chi connectivity index (χ3v) is 4.11.